The lowest BCUT2D eigenvalue weighted by Crippen LogP contribution is -2.41. The van der Waals surface area contributed by atoms with Crippen LogP contribution in [0.4, 0.5) is 11.6 Å². The van der Waals surface area contributed by atoms with E-state index < -0.39 is 6.10 Å². The van der Waals surface area contributed by atoms with Crippen LogP contribution in [0.25, 0.3) is 17.2 Å². The monoisotopic (exact) mass is 394 g/mol. The Labute approximate surface area is 168 Å². The molecule has 0 spiro atoms. The Bertz CT molecular complexity index is 986. The van der Waals surface area contributed by atoms with Gasteiger partial charge in [-0.25, -0.2) is 9.97 Å². The van der Waals surface area contributed by atoms with Crippen molar-refractivity contribution in [2.75, 3.05) is 36.5 Å². The molecule has 2 N–H and O–H groups in total. The molecule has 1 aliphatic rings. The molecule has 150 valence electrons. The van der Waals surface area contributed by atoms with E-state index in [1.807, 2.05) is 35.0 Å². The Morgan fingerprint density at radius 3 is 2.79 bits per heavy atom. The number of ether oxygens (including phenoxy) is 1. The van der Waals surface area contributed by atoms with Crippen molar-refractivity contribution in [3.8, 4) is 17.2 Å². The smallest absolute Gasteiger partial charge is 0.253 e. The first-order valence-corrected chi connectivity index (χ1v) is 9.39. The first-order chi connectivity index (χ1) is 14.1. The normalized spacial score (nSPS) is 15.4. The number of imidazole rings is 1. The first kappa shape index (κ1) is 19.0. The fourth-order valence-corrected chi connectivity index (χ4v) is 3.09. The zero-order valence-corrected chi connectivity index (χ0v) is 16.0. The molecule has 3 aromatic rings. The number of benzene rings is 1. The van der Waals surface area contributed by atoms with Crippen molar-refractivity contribution < 1.29 is 14.6 Å². The summed E-state index contributed by atoms with van der Waals surface area (Å²) in [5.41, 5.74) is 1.74. The molecule has 29 heavy (non-hydrogen) atoms. The number of aromatic nitrogens is 4. The molecule has 0 aliphatic carbocycles. The van der Waals surface area contributed by atoms with Gasteiger partial charge in [-0.2, -0.15) is 4.98 Å². The van der Waals surface area contributed by atoms with Crippen LogP contribution >= 0.6 is 0 Å². The molecule has 1 fully saturated rings. The number of nitrogens with one attached hydrogen (secondary N) is 1. The highest BCUT2D eigenvalue weighted by atomic mass is 16.5. The summed E-state index contributed by atoms with van der Waals surface area (Å²) in [6.45, 7) is 3.26. The highest BCUT2D eigenvalue weighted by molar-refractivity contribution is 5.95. The number of aliphatic hydroxyl groups is 1. The Morgan fingerprint density at radius 2 is 2.03 bits per heavy atom. The summed E-state index contributed by atoms with van der Waals surface area (Å²) in [5.74, 6) is 1.78. The Balaban J connectivity index is 1.58. The predicted molar refractivity (Wildman–Crippen MR) is 108 cm³/mol. The standard InChI is InChI=1S/C20H22N6O3/c1-14(27)12-23-20-22-7-6-17(24-20)26-9-8-21-19(26)15-2-4-16(5-3-15)25-10-11-29-13-18(25)28/h2-9,14,27H,10-13H2,1H3,(H,22,23,24)/t14-/m0/s1. The Morgan fingerprint density at radius 1 is 1.21 bits per heavy atom. The van der Waals surface area contributed by atoms with Gasteiger partial charge in [-0.1, -0.05) is 0 Å². The van der Waals surface area contributed by atoms with Gasteiger partial charge in [-0.3, -0.25) is 9.36 Å². The average Bonchev–Trinajstić information content (AvgIpc) is 3.23. The molecule has 0 saturated carbocycles. The van der Waals surface area contributed by atoms with Gasteiger partial charge < -0.3 is 20.1 Å². The van der Waals surface area contributed by atoms with Gasteiger partial charge in [0.05, 0.1) is 12.7 Å². The molecule has 1 atom stereocenters. The van der Waals surface area contributed by atoms with Crippen LogP contribution in [0.3, 0.4) is 0 Å². The van der Waals surface area contributed by atoms with Crippen LogP contribution in [0.2, 0.25) is 0 Å². The summed E-state index contributed by atoms with van der Waals surface area (Å²) in [6, 6.07) is 9.48. The Kier molecular flexibility index (Phi) is 5.50. The maximum Gasteiger partial charge on any atom is 0.253 e. The summed E-state index contributed by atoms with van der Waals surface area (Å²) in [4.78, 5) is 26.9. The Hall–Kier alpha value is -3.30. The van der Waals surface area contributed by atoms with Crippen molar-refractivity contribution in [2.45, 2.75) is 13.0 Å². The summed E-state index contributed by atoms with van der Waals surface area (Å²) in [7, 11) is 0. The summed E-state index contributed by atoms with van der Waals surface area (Å²) in [5, 5.41) is 12.4. The van der Waals surface area contributed by atoms with Gasteiger partial charge in [0.15, 0.2) is 0 Å². The average molecular weight is 394 g/mol. The van der Waals surface area contributed by atoms with Crippen LogP contribution in [0, 0.1) is 0 Å². The number of nitrogens with zero attached hydrogens (tertiary/aromatic N) is 5. The number of hydrogen-bond donors (Lipinski definition) is 2. The van der Waals surface area contributed by atoms with E-state index >= 15 is 0 Å². The maximum absolute atomic E-state index is 12.0. The van der Waals surface area contributed by atoms with E-state index in [1.165, 1.54) is 0 Å². The van der Waals surface area contributed by atoms with Gasteiger partial charge in [0.1, 0.15) is 18.2 Å². The molecule has 1 saturated heterocycles. The minimum absolute atomic E-state index is 0.0382. The van der Waals surface area contributed by atoms with Crippen LogP contribution in [0.5, 0.6) is 0 Å². The zero-order chi connectivity index (χ0) is 20.2. The molecule has 1 aromatic carbocycles. The summed E-state index contributed by atoms with van der Waals surface area (Å²) in [6.07, 6.45) is 4.70. The third-order valence-corrected chi connectivity index (χ3v) is 4.51. The minimum atomic E-state index is -0.497. The van der Waals surface area contributed by atoms with E-state index in [0.29, 0.717) is 31.5 Å². The molecular formula is C20H22N6O3. The third-order valence-electron chi connectivity index (χ3n) is 4.51. The zero-order valence-electron chi connectivity index (χ0n) is 16.0. The molecule has 2 aromatic heterocycles. The van der Waals surface area contributed by atoms with Crippen LogP contribution < -0.4 is 10.2 Å². The van der Waals surface area contributed by atoms with Crippen molar-refractivity contribution in [1.82, 2.24) is 19.5 Å². The molecule has 4 rings (SSSR count). The molecule has 0 radical (unpaired) electrons. The quantitative estimate of drug-likeness (QED) is 0.652. The van der Waals surface area contributed by atoms with Gasteiger partial charge in [0, 0.05) is 42.9 Å². The molecule has 0 unspecified atom stereocenters. The molecule has 0 bridgehead atoms. The second-order valence-corrected chi connectivity index (χ2v) is 6.73. The molecule has 9 heteroatoms. The first-order valence-electron chi connectivity index (χ1n) is 9.39. The number of hydrogen-bond acceptors (Lipinski definition) is 7. The number of aliphatic hydroxyl groups excluding tert-OH is 1. The molecular weight excluding hydrogens is 372 g/mol. The van der Waals surface area contributed by atoms with E-state index in [0.717, 1.165) is 17.1 Å². The molecule has 1 aliphatic heterocycles. The third kappa shape index (κ3) is 4.25. The van der Waals surface area contributed by atoms with Crippen molar-refractivity contribution in [1.29, 1.82) is 0 Å². The highest BCUT2D eigenvalue weighted by Crippen LogP contribution is 2.25. The number of carbonyl (C=O) groups is 1. The van der Waals surface area contributed by atoms with Gasteiger partial charge >= 0.3 is 0 Å². The number of carbonyl (C=O) groups excluding carboxylic acids is 1. The number of anilines is 2. The lowest BCUT2D eigenvalue weighted by Gasteiger charge is -2.26. The summed E-state index contributed by atoms with van der Waals surface area (Å²) < 4.78 is 7.05. The van der Waals surface area contributed by atoms with E-state index in [2.05, 4.69) is 20.3 Å². The lowest BCUT2D eigenvalue weighted by atomic mass is 10.1. The second kappa shape index (κ2) is 8.38. The van der Waals surface area contributed by atoms with Gasteiger partial charge in [0.25, 0.3) is 5.91 Å². The lowest BCUT2D eigenvalue weighted by molar-refractivity contribution is -0.125. The number of rotatable bonds is 6. The fourth-order valence-electron chi connectivity index (χ4n) is 3.09. The van der Waals surface area contributed by atoms with E-state index in [1.54, 1.807) is 30.3 Å². The van der Waals surface area contributed by atoms with Crippen molar-refractivity contribution in [3.63, 3.8) is 0 Å². The van der Waals surface area contributed by atoms with Gasteiger partial charge in [0.2, 0.25) is 5.95 Å². The molecule has 3 heterocycles. The van der Waals surface area contributed by atoms with Crippen LogP contribution in [-0.2, 0) is 9.53 Å². The largest absolute Gasteiger partial charge is 0.392 e. The number of amides is 1. The molecule has 1 amide bonds. The van der Waals surface area contributed by atoms with E-state index in [-0.39, 0.29) is 12.5 Å². The van der Waals surface area contributed by atoms with Gasteiger partial charge in [-0.05, 0) is 37.3 Å². The van der Waals surface area contributed by atoms with Gasteiger partial charge in [-0.15, -0.1) is 0 Å². The van der Waals surface area contributed by atoms with Crippen LogP contribution in [0.1, 0.15) is 6.92 Å². The highest BCUT2D eigenvalue weighted by Gasteiger charge is 2.20. The van der Waals surface area contributed by atoms with Crippen molar-refractivity contribution in [3.05, 3.63) is 48.9 Å². The van der Waals surface area contributed by atoms with Crippen molar-refractivity contribution in [2.24, 2.45) is 0 Å². The maximum atomic E-state index is 12.0. The number of morpholine rings is 1. The molecule has 9 nitrogen and oxygen atoms in total. The summed E-state index contributed by atoms with van der Waals surface area (Å²) >= 11 is 0. The van der Waals surface area contributed by atoms with Crippen LogP contribution in [0.15, 0.2) is 48.9 Å². The fraction of sp³-hybridized carbons (Fsp3) is 0.300. The second-order valence-electron chi connectivity index (χ2n) is 6.73. The van der Waals surface area contributed by atoms with E-state index in [4.69, 9.17) is 4.74 Å². The SMILES string of the molecule is C[C@H](O)CNc1nccc(-n2ccnc2-c2ccc(N3CCOCC3=O)cc2)n1. The predicted octanol–water partition coefficient (Wildman–Crippen LogP) is 1.49. The minimum Gasteiger partial charge on any atom is -0.392 e. The topological polar surface area (TPSA) is 105 Å². The van der Waals surface area contributed by atoms with E-state index in [9.17, 15) is 9.90 Å². The van der Waals surface area contributed by atoms with Crippen molar-refractivity contribution >= 4 is 17.5 Å². The van der Waals surface area contributed by atoms with Crippen LogP contribution in [-0.4, -0.2) is 62.9 Å².